The molecule has 1 fully saturated rings. The zero-order chi connectivity index (χ0) is 26.5. The Morgan fingerprint density at radius 2 is 1.94 bits per heavy atom. The summed E-state index contributed by atoms with van der Waals surface area (Å²) in [6, 6.07) is 7.72. The van der Waals surface area contributed by atoms with Gasteiger partial charge in [-0.1, -0.05) is 6.07 Å². The number of hydrogen-bond acceptors (Lipinski definition) is 9. The maximum absolute atomic E-state index is 13.5. The molecule has 1 amide bonds. The minimum absolute atomic E-state index is 0.0236. The minimum Gasteiger partial charge on any atom is -0.493 e. The van der Waals surface area contributed by atoms with Gasteiger partial charge in [0.2, 0.25) is 0 Å². The van der Waals surface area contributed by atoms with E-state index in [1.165, 1.54) is 37.5 Å². The van der Waals surface area contributed by atoms with Crippen molar-refractivity contribution in [3.8, 4) is 23.3 Å². The van der Waals surface area contributed by atoms with Crippen molar-refractivity contribution in [2.75, 3.05) is 20.8 Å². The van der Waals surface area contributed by atoms with E-state index >= 15 is 0 Å². The Morgan fingerprint density at radius 3 is 2.56 bits per heavy atom. The van der Waals surface area contributed by atoms with Gasteiger partial charge in [-0.2, -0.15) is 18.4 Å². The first-order chi connectivity index (χ1) is 17.1. The molecule has 1 saturated heterocycles. The fraction of sp³-hybridized carbons (Fsp3) is 0.217. The lowest BCUT2D eigenvalue weighted by atomic mass is 10.1. The predicted octanol–water partition coefficient (Wildman–Crippen LogP) is 3.47. The summed E-state index contributed by atoms with van der Waals surface area (Å²) in [5, 5.41) is 20.8. The summed E-state index contributed by atoms with van der Waals surface area (Å²) < 4.78 is 55.6. The molecule has 36 heavy (non-hydrogen) atoms. The van der Waals surface area contributed by atoms with Gasteiger partial charge in [0, 0.05) is 0 Å². The summed E-state index contributed by atoms with van der Waals surface area (Å²) in [6.07, 6.45) is -3.28. The normalized spacial score (nSPS) is 16.4. The van der Waals surface area contributed by atoms with E-state index < -0.39 is 42.0 Å². The molecule has 188 valence electrons. The van der Waals surface area contributed by atoms with Gasteiger partial charge >= 0.3 is 12.1 Å². The van der Waals surface area contributed by atoms with E-state index in [4.69, 9.17) is 14.7 Å². The van der Waals surface area contributed by atoms with Crippen molar-refractivity contribution in [3.05, 3.63) is 58.0 Å². The number of nitrogens with zero attached hydrogens (tertiary/aromatic N) is 2. The highest BCUT2D eigenvalue weighted by molar-refractivity contribution is 8.18. The molecule has 0 spiro atoms. The van der Waals surface area contributed by atoms with E-state index in [0.29, 0.717) is 11.6 Å². The SMILES string of the molecule is COC(=O)C(CO)N=C1NC(=O)/C(=C/c2ccc(Oc3ccc(C#N)cc3C(F)(F)F)c(OC)c2)S1. The molecule has 1 aliphatic rings. The zero-order valence-electron chi connectivity index (χ0n) is 18.8. The van der Waals surface area contributed by atoms with Gasteiger partial charge in [-0.05, 0) is 53.7 Å². The van der Waals surface area contributed by atoms with Gasteiger partial charge < -0.3 is 24.6 Å². The first kappa shape index (κ1) is 26.6. The highest BCUT2D eigenvalue weighted by Gasteiger charge is 2.35. The predicted molar refractivity (Wildman–Crippen MR) is 123 cm³/mol. The van der Waals surface area contributed by atoms with Crippen LogP contribution in [0.4, 0.5) is 13.2 Å². The van der Waals surface area contributed by atoms with E-state index in [9.17, 15) is 27.9 Å². The average Bonchev–Trinajstić information content (AvgIpc) is 3.20. The van der Waals surface area contributed by atoms with Gasteiger partial charge in [0.1, 0.15) is 5.75 Å². The van der Waals surface area contributed by atoms with E-state index in [-0.39, 0.29) is 27.1 Å². The van der Waals surface area contributed by atoms with Crippen LogP contribution in [0.2, 0.25) is 0 Å². The number of amidine groups is 1. The van der Waals surface area contributed by atoms with Crippen LogP contribution in [-0.4, -0.2) is 49.0 Å². The zero-order valence-corrected chi connectivity index (χ0v) is 19.6. The lowest BCUT2D eigenvalue weighted by molar-refractivity contribution is -0.143. The number of esters is 1. The third kappa shape index (κ3) is 6.15. The number of hydrogen-bond donors (Lipinski definition) is 2. The number of carbonyl (C=O) groups excluding carboxylic acids is 2. The van der Waals surface area contributed by atoms with Crippen molar-refractivity contribution >= 4 is 34.9 Å². The Bertz CT molecular complexity index is 1290. The Labute approximate surface area is 207 Å². The molecule has 1 atom stereocenters. The number of nitriles is 1. The quantitative estimate of drug-likeness (QED) is 0.419. The Hall–Kier alpha value is -4.02. The Balaban J connectivity index is 1.87. The third-order valence-electron chi connectivity index (χ3n) is 4.69. The van der Waals surface area contributed by atoms with Crippen LogP contribution in [0.15, 0.2) is 46.3 Å². The lowest BCUT2D eigenvalue weighted by Gasteiger charge is -2.16. The van der Waals surface area contributed by atoms with Crippen LogP contribution >= 0.6 is 11.8 Å². The van der Waals surface area contributed by atoms with Crippen molar-refractivity contribution in [1.82, 2.24) is 5.32 Å². The molecule has 13 heteroatoms. The molecule has 1 aliphatic heterocycles. The molecule has 9 nitrogen and oxygen atoms in total. The molecule has 0 aromatic heterocycles. The van der Waals surface area contributed by atoms with E-state index in [1.54, 1.807) is 6.07 Å². The monoisotopic (exact) mass is 521 g/mol. The molecule has 1 unspecified atom stereocenters. The number of aliphatic imine (C=N–C) groups is 1. The topological polar surface area (TPSA) is 130 Å². The number of aliphatic hydroxyl groups is 1. The van der Waals surface area contributed by atoms with Crippen LogP contribution in [0.3, 0.4) is 0 Å². The molecule has 0 bridgehead atoms. The number of nitrogens with one attached hydrogen (secondary N) is 1. The Morgan fingerprint density at radius 1 is 1.22 bits per heavy atom. The van der Waals surface area contributed by atoms with Crippen molar-refractivity contribution in [3.63, 3.8) is 0 Å². The molecular weight excluding hydrogens is 503 g/mol. The summed E-state index contributed by atoms with van der Waals surface area (Å²) in [4.78, 5) is 28.1. The smallest absolute Gasteiger partial charge is 0.420 e. The maximum Gasteiger partial charge on any atom is 0.420 e. The largest absolute Gasteiger partial charge is 0.493 e. The van der Waals surface area contributed by atoms with Gasteiger partial charge in [-0.15, -0.1) is 0 Å². The van der Waals surface area contributed by atoms with Crippen LogP contribution < -0.4 is 14.8 Å². The van der Waals surface area contributed by atoms with Crippen LogP contribution in [0.5, 0.6) is 17.2 Å². The average molecular weight is 521 g/mol. The van der Waals surface area contributed by atoms with Crippen molar-refractivity contribution < 1.29 is 42.1 Å². The summed E-state index contributed by atoms with van der Waals surface area (Å²) in [6.45, 7) is -0.612. The number of carbonyl (C=O) groups is 2. The molecule has 0 aliphatic carbocycles. The molecule has 1 heterocycles. The van der Waals surface area contributed by atoms with Crippen LogP contribution in [0.25, 0.3) is 6.08 Å². The molecule has 2 aromatic rings. The summed E-state index contributed by atoms with van der Waals surface area (Å²) in [5.74, 6) is -1.73. The number of amides is 1. The van der Waals surface area contributed by atoms with Crippen molar-refractivity contribution in [2.45, 2.75) is 12.2 Å². The molecule has 2 aromatic carbocycles. The number of alkyl halides is 3. The second kappa shape index (κ2) is 11.1. The van der Waals surface area contributed by atoms with Crippen molar-refractivity contribution in [2.24, 2.45) is 4.99 Å². The van der Waals surface area contributed by atoms with Crippen LogP contribution in [0.1, 0.15) is 16.7 Å². The number of benzene rings is 2. The minimum atomic E-state index is -4.75. The summed E-state index contributed by atoms with van der Waals surface area (Å²) in [7, 11) is 2.44. The van der Waals surface area contributed by atoms with E-state index in [1.807, 2.05) is 0 Å². The highest BCUT2D eigenvalue weighted by Crippen LogP contribution is 2.41. The number of thioether (sulfide) groups is 1. The number of ether oxygens (including phenoxy) is 3. The standard InChI is InChI=1S/C23H18F3N3O6S/c1-33-18-8-12(9-19-20(31)29-22(36-19)28-15(11-30)21(32)34-2)3-6-17(18)35-16-5-4-13(10-27)7-14(16)23(24,25)26/h3-9,15,30H,11H2,1-2H3,(H,28,29,31)/b19-9-. The molecule has 3 rings (SSSR count). The first-order valence-electron chi connectivity index (χ1n) is 10.0. The number of methoxy groups -OCH3 is 2. The van der Waals surface area contributed by atoms with Crippen LogP contribution in [-0.2, 0) is 20.5 Å². The molecular formula is C23H18F3N3O6S. The number of aliphatic hydroxyl groups excluding tert-OH is 1. The first-order valence-corrected chi connectivity index (χ1v) is 10.9. The lowest BCUT2D eigenvalue weighted by Crippen LogP contribution is -2.28. The number of rotatable bonds is 7. The summed E-state index contributed by atoms with van der Waals surface area (Å²) >= 11 is 0.922. The number of halogens is 3. The van der Waals surface area contributed by atoms with Gasteiger partial charge in [-0.25, -0.2) is 9.79 Å². The van der Waals surface area contributed by atoms with E-state index in [0.717, 1.165) is 24.9 Å². The fourth-order valence-corrected chi connectivity index (χ4v) is 3.84. The molecule has 0 saturated carbocycles. The summed E-state index contributed by atoms with van der Waals surface area (Å²) in [5.41, 5.74) is -0.829. The second-order valence-electron chi connectivity index (χ2n) is 7.05. The molecule has 2 N–H and O–H groups in total. The second-order valence-corrected chi connectivity index (χ2v) is 8.08. The molecule has 0 radical (unpaired) electrons. The fourth-order valence-electron chi connectivity index (χ4n) is 2.97. The maximum atomic E-state index is 13.5. The van der Waals surface area contributed by atoms with Gasteiger partial charge in [0.05, 0.1) is 42.9 Å². The van der Waals surface area contributed by atoms with Crippen molar-refractivity contribution in [1.29, 1.82) is 5.26 Å². The van der Waals surface area contributed by atoms with Gasteiger partial charge in [-0.3, -0.25) is 4.79 Å². The van der Waals surface area contributed by atoms with Crippen LogP contribution in [0, 0.1) is 11.3 Å². The van der Waals surface area contributed by atoms with Gasteiger partial charge in [0.25, 0.3) is 5.91 Å². The Kier molecular flexibility index (Phi) is 8.23. The van der Waals surface area contributed by atoms with E-state index in [2.05, 4.69) is 15.0 Å². The van der Waals surface area contributed by atoms with Gasteiger partial charge in [0.15, 0.2) is 22.7 Å². The third-order valence-corrected chi connectivity index (χ3v) is 5.61. The highest BCUT2D eigenvalue weighted by atomic mass is 32.2.